The molecule has 0 fully saturated rings. The molecule has 0 saturated carbocycles. The van der Waals surface area contributed by atoms with Gasteiger partial charge in [-0.15, -0.1) is 0 Å². The minimum absolute atomic E-state index is 0.156. The van der Waals surface area contributed by atoms with Crippen LogP contribution in [-0.2, 0) is 0 Å². The zero-order valence-electron chi connectivity index (χ0n) is 34.5. The third-order valence-corrected chi connectivity index (χ3v) is 13.2. The van der Waals surface area contributed by atoms with Gasteiger partial charge in [0, 0.05) is 54.7 Å². The summed E-state index contributed by atoms with van der Waals surface area (Å²) in [5.74, 6) is 1.20. The van der Waals surface area contributed by atoms with Gasteiger partial charge >= 0.3 is 0 Å². The van der Waals surface area contributed by atoms with E-state index >= 15 is 0 Å². The average molecular weight is 815 g/mol. The molecule has 1 aliphatic carbocycles. The summed E-state index contributed by atoms with van der Waals surface area (Å²) in [6, 6.07) is 63.4. The molecule has 0 spiro atoms. The second-order valence-corrected chi connectivity index (χ2v) is 17.6. The fourth-order valence-corrected chi connectivity index (χ4v) is 10.2. The van der Waals surface area contributed by atoms with E-state index in [4.69, 9.17) is 22.6 Å². The van der Waals surface area contributed by atoms with Crippen molar-refractivity contribution in [2.24, 2.45) is 5.92 Å². The Labute approximate surface area is 365 Å². The smallest absolute Gasteiger partial charge is 0.160 e. The number of para-hydroxylation sites is 2. The van der Waals surface area contributed by atoms with Gasteiger partial charge in [-0.25, -0.2) is 9.97 Å². The number of hydrogen-bond donors (Lipinski definition) is 1. The number of hydrogen-bond acceptors (Lipinski definition) is 3. The Morgan fingerprint density at radius 2 is 1.16 bits per heavy atom. The zero-order valence-corrected chi connectivity index (χ0v) is 35.4. The molecule has 5 heteroatoms. The standard InChI is InChI=1S/C57H42N4S/c1-35-20-28-51(46(32-35)36(2)62)61-53-30-25-41(34-48(53)55-43-15-7-6-12-37(43)23-31-54(55)61)40-24-29-52-47(33-40)44-16-9-11-19-50(44)60(52)42-26-21-39(22-27-42)57-58-49-18-10-8-17-45(49)56(59-57)38-13-4-3-5-14-38/h3-31,33-36,62H,32H2,1-2H3. The van der Waals surface area contributed by atoms with E-state index in [9.17, 15) is 0 Å². The van der Waals surface area contributed by atoms with Crippen LogP contribution in [0.15, 0.2) is 194 Å². The molecule has 8 aromatic carbocycles. The summed E-state index contributed by atoms with van der Waals surface area (Å²) in [6.07, 6.45) is 5.69. The van der Waals surface area contributed by atoms with E-state index < -0.39 is 0 Å². The van der Waals surface area contributed by atoms with Crippen molar-refractivity contribution in [3.05, 3.63) is 194 Å². The third-order valence-electron chi connectivity index (χ3n) is 12.9. The Kier molecular flexibility index (Phi) is 8.55. The van der Waals surface area contributed by atoms with Crippen molar-refractivity contribution < 1.29 is 0 Å². The highest BCUT2D eigenvalue weighted by molar-refractivity contribution is 7.81. The SMILES string of the molecule is CC1C=CC(n2c3ccc(-c4ccc5c(c4)c4ccccc4n5-c4ccc(-c5nc(-c6ccccc6)c6ccccc6n5)cc4)cc3c3c4ccccc4ccc32)=C(C(C)S)C1. The molecule has 0 saturated heterocycles. The molecular formula is C57H42N4S. The fourth-order valence-electron chi connectivity index (χ4n) is 9.93. The van der Waals surface area contributed by atoms with E-state index in [1.807, 2.05) is 12.1 Å². The first-order valence-electron chi connectivity index (χ1n) is 21.5. The molecule has 2 atom stereocenters. The number of fused-ring (bicyclic) bond motifs is 9. The summed E-state index contributed by atoms with van der Waals surface area (Å²) in [7, 11) is 0. The Bertz CT molecular complexity index is 3640. The van der Waals surface area contributed by atoms with Crippen LogP contribution in [0, 0.1) is 5.92 Å². The third kappa shape index (κ3) is 5.83. The minimum atomic E-state index is 0.156. The van der Waals surface area contributed by atoms with Crippen LogP contribution in [0.5, 0.6) is 0 Å². The van der Waals surface area contributed by atoms with Gasteiger partial charge in [0.25, 0.3) is 0 Å². The second-order valence-electron chi connectivity index (χ2n) is 16.8. The fraction of sp³-hybridized carbons (Fsp3) is 0.0877. The van der Waals surface area contributed by atoms with Gasteiger partial charge in [-0.3, -0.25) is 0 Å². The summed E-state index contributed by atoms with van der Waals surface area (Å²) < 4.78 is 4.87. The molecule has 1 aliphatic rings. The van der Waals surface area contributed by atoms with Crippen molar-refractivity contribution in [3.8, 4) is 39.5 Å². The van der Waals surface area contributed by atoms with Crippen molar-refractivity contribution in [2.75, 3.05) is 0 Å². The van der Waals surface area contributed by atoms with E-state index in [-0.39, 0.29) is 5.25 Å². The number of aromatic nitrogens is 4. The first-order valence-corrected chi connectivity index (χ1v) is 22.0. The second kappa shape index (κ2) is 14.5. The molecule has 3 aromatic heterocycles. The average Bonchev–Trinajstić information content (AvgIpc) is 3.84. The number of thiol groups is 1. The number of allylic oxidation sites excluding steroid dienone is 3. The lowest BCUT2D eigenvalue weighted by Crippen LogP contribution is -2.12. The summed E-state index contributed by atoms with van der Waals surface area (Å²) in [5.41, 5.74) is 14.8. The highest BCUT2D eigenvalue weighted by atomic mass is 32.1. The van der Waals surface area contributed by atoms with Crippen LogP contribution in [0.25, 0.3) is 110 Å². The molecule has 0 radical (unpaired) electrons. The van der Waals surface area contributed by atoms with Gasteiger partial charge in [0.15, 0.2) is 5.82 Å². The molecule has 4 nitrogen and oxygen atoms in total. The van der Waals surface area contributed by atoms with Crippen molar-refractivity contribution in [1.82, 2.24) is 19.1 Å². The first-order chi connectivity index (χ1) is 30.5. The van der Waals surface area contributed by atoms with Crippen LogP contribution < -0.4 is 0 Å². The van der Waals surface area contributed by atoms with Crippen LogP contribution >= 0.6 is 12.6 Å². The molecule has 2 unspecified atom stereocenters. The van der Waals surface area contributed by atoms with Crippen LogP contribution in [0.3, 0.4) is 0 Å². The summed E-state index contributed by atoms with van der Waals surface area (Å²) >= 11 is 5.00. The maximum atomic E-state index is 5.13. The molecule has 296 valence electrons. The van der Waals surface area contributed by atoms with Crippen LogP contribution in [0.2, 0.25) is 0 Å². The van der Waals surface area contributed by atoms with Gasteiger partial charge in [0.2, 0.25) is 0 Å². The summed E-state index contributed by atoms with van der Waals surface area (Å²) in [4.78, 5) is 10.2. The summed E-state index contributed by atoms with van der Waals surface area (Å²) in [5, 5.41) is 8.71. The Balaban J connectivity index is 0.989. The predicted octanol–water partition coefficient (Wildman–Crippen LogP) is 15.1. The van der Waals surface area contributed by atoms with E-state index in [1.54, 1.807) is 0 Å². The Morgan fingerprint density at radius 1 is 0.532 bits per heavy atom. The van der Waals surface area contributed by atoms with Gasteiger partial charge in [-0.2, -0.15) is 12.6 Å². The van der Waals surface area contributed by atoms with Gasteiger partial charge in [0.05, 0.1) is 33.3 Å². The van der Waals surface area contributed by atoms with E-state index in [2.05, 4.69) is 199 Å². The largest absolute Gasteiger partial charge is 0.309 e. The zero-order chi connectivity index (χ0) is 41.5. The molecule has 0 N–H and O–H groups in total. The molecule has 0 amide bonds. The van der Waals surface area contributed by atoms with Gasteiger partial charge in [-0.1, -0.05) is 122 Å². The number of nitrogens with zero attached hydrogens (tertiary/aromatic N) is 4. The van der Waals surface area contributed by atoms with Gasteiger partial charge in [0.1, 0.15) is 0 Å². The van der Waals surface area contributed by atoms with E-state index in [0.29, 0.717) is 11.7 Å². The minimum Gasteiger partial charge on any atom is -0.309 e. The molecule has 62 heavy (non-hydrogen) atoms. The predicted molar refractivity (Wildman–Crippen MR) is 265 cm³/mol. The van der Waals surface area contributed by atoms with Crippen molar-refractivity contribution in [2.45, 2.75) is 25.5 Å². The molecule has 0 bridgehead atoms. The molecule has 3 heterocycles. The Morgan fingerprint density at radius 3 is 1.95 bits per heavy atom. The highest BCUT2D eigenvalue weighted by Crippen LogP contribution is 2.43. The first kappa shape index (κ1) is 36.6. The van der Waals surface area contributed by atoms with Gasteiger partial charge < -0.3 is 9.13 Å². The number of rotatable bonds is 6. The number of benzene rings is 8. The van der Waals surface area contributed by atoms with Crippen molar-refractivity contribution in [1.29, 1.82) is 0 Å². The quantitative estimate of drug-likeness (QED) is 0.170. The molecule has 0 aliphatic heterocycles. The normalized spacial score (nSPS) is 14.9. The van der Waals surface area contributed by atoms with Crippen molar-refractivity contribution >= 4 is 83.6 Å². The maximum Gasteiger partial charge on any atom is 0.160 e. The maximum absolute atomic E-state index is 5.13. The highest BCUT2D eigenvalue weighted by Gasteiger charge is 2.23. The van der Waals surface area contributed by atoms with Crippen LogP contribution in [0.1, 0.15) is 20.3 Å². The van der Waals surface area contributed by atoms with E-state index in [0.717, 1.165) is 39.8 Å². The lowest BCUT2D eigenvalue weighted by atomic mass is 9.92. The molecular weight excluding hydrogens is 773 g/mol. The lowest BCUT2D eigenvalue weighted by molar-refractivity contribution is 0.692. The Hall–Kier alpha value is -7.21. The summed E-state index contributed by atoms with van der Waals surface area (Å²) in [6.45, 7) is 4.50. The van der Waals surface area contributed by atoms with Crippen molar-refractivity contribution in [3.63, 3.8) is 0 Å². The van der Waals surface area contributed by atoms with E-state index in [1.165, 1.54) is 76.8 Å². The van der Waals surface area contributed by atoms with Gasteiger partial charge in [-0.05, 0) is 120 Å². The topological polar surface area (TPSA) is 35.6 Å². The molecule has 11 aromatic rings. The lowest BCUT2D eigenvalue weighted by Gasteiger charge is -2.24. The van der Waals surface area contributed by atoms with Crippen LogP contribution in [0.4, 0.5) is 0 Å². The van der Waals surface area contributed by atoms with Crippen LogP contribution in [-0.4, -0.2) is 24.4 Å². The monoisotopic (exact) mass is 814 g/mol. The molecule has 12 rings (SSSR count).